The van der Waals surface area contributed by atoms with Gasteiger partial charge in [-0.2, -0.15) is 4.98 Å². The van der Waals surface area contributed by atoms with Crippen molar-refractivity contribution < 1.29 is 9.47 Å². The molecule has 1 aromatic heterocycles. The number of hydrogen-bond acceptors (Lipinski definition) is 6. The maximum atomic E-state index is 5.90. The number of nitrogens with one attached hydrogen (secondary N) is 1. The quantitative estimate of drug-likeness (QED) is 0.876. The zero-order chi connectivity index (χ0) is 13.8. The number of nitrogens with two attached hydrogens (primary N) is 1. The molecule has 6 heteroatoms. The Labute approximate surface area is 111 Å². The second-order valence-corrected chi connectivity index (χ2v) is 3.95. The number of hydrogen-bond donors (Lipinski definition) is 2. The lowest BCUT2D eigenvalue weighted by Gasteiger charge is -2.11. The van der Waals surface area contributed by atoms with Crippen molar-refractivity contribution in [3.05, 3.63) is 30.1 Å². The normalized spacial score (nSPS) is 10.1. The highest BCUT2D eigenvalue weighted by Crippen LogP contribution is 2.28. The minimum absolute atomic E-state index is 0.350. The Balaban J connectivity index is 2.29. The first kappa shape index (κ1) is 12.9. The summed E-state index contributed by atoms with van der Waals surface area (Å²) in [7, 11) is 3.16. The van der Waals surface area contributed by atoms with Crippen LogP contribution in [0.1, 0.15) is 5.56 Å². The fraction of sp³-hybridized carbons (Fsp3) is 0.231. The highest BCUT2D eigenvalue weighted by atomic mass is 16.5. The van der Waals surface area contributed by atoms with Crippen molar-refractivity contribution in [1.29, 1.82) is 0 Å². The fourth-order valence-corrected chi connectivity index (χ4v) is 1.73. The van der Waals surface area contributed by atoms with Crippen LogP contribution in [0, 0.1) is 6.92 Å². The van der Waals surface area contributed by atoms with Crippen molar-refractivity contribution in [2.24, 2.45) is 0 Å². The maximum Gasteiger partial charge on any atom is 0.242 e. The van der Waals surface area contributed by atoms with Gasteiger partial charge in [-0.25, -0.2) is 4.98 Å². The summed E-state index contributed by atoms with van der Waals surface area (Å²) in [5, 5.41) is 3.13. The van der Waals surface area contributed by atoms with Gasteiger partial charge in [0.05, 0.1) is 14.2 Å². The van der Waals surface area contributed by atoms with E-state index in [0.717, 1.165) is 17.0 Å². The zero-order valence-electron chi connectivity index (χ0n) is 11.1. The third-order valence-corrected chi connectivity index (χ3v) is 2.70. The molecule has 100 valence electrons. The van der Waals surface area contributed by atoms with Gasteiger partial charge in [-0.3, -0.25) is 0 Å². The molecular formula is C13H16N4O2. The van der Waals surface area contributed by atoms with Gasteiger partial charge in [-0.05, 0) is 30.7 Å². The molecule has 2 aromatic rings. The van der Waals surface area contributed by atoms with E-state index in [1.165, 1.54) is 13.4 Å². The number of methoxy groups -OCH3 is 2. The van der Waals surface area contributed by atoms with Crippen LogP contribution in [0.3, 0.4) is 0 Å². The van der Waals surface area contributed by atoms with E-state index in [1.54, 1.807) is 7.11 Å². The first-order valence-corrected chi connectivity index (χ1v) is 5.72. The Morgan fingerprint density at radius 1 is 1.16 bits per heavy atom. The van der Waals surface area contributed by atoms with E-state index in [2.05, 4.69) is 15.3 Å². The molecule has 0 amide bonds. The molecule has 0 spiro atoms. The maximum absolute atomic E-state index is 5.90. The van der Waals surface area contributed by atoms with Crippen LogP contribution < -0.4 is 20.5 Å². The van der Waals surface area contributed by atoms with E-state index in [1.807, 2.05) is 25.1 Å². The molecule has 0 fully saturated rings. The van der Waals surface area contributed by atoms with Crippen LogP contribution >= 0.6 is 0 Å². The van der Waals surface area contributed by atoms with Crippen molar-refractivity contribution in [1.82, 2.24) is 9.97 Å². The van der Waals surface area contributed by atoms with Gasteiger partial charge in [0.1, 0.15) is 17.8 Å². The molecule has 0 bridgehead atoms. The summed E-state index contributed by atoms with van der Waals surface area (Å²) in [5.74, 6) is 1.69. The van der Waals surface area contributed by atoms with E-state index in [-0.39, 0.29) is 0 Å². The van der Waals surface area contributed by atoms with Gasteiger partial charge in [-0.15, -0.1) is 0 Å². The molecule has 3 N–H and O–H groups in total. The molecule has 6 nitrogen and oxygen atoms in total. The minimum Gasteiger partial charge on any atom is -0.496 e. The molecular weight excluding hydrogens is 244 g/mol. The van der Waals surface area contributed by atoms with E-state index in [0.29, 0.717) is 17.4 Å². The molecule has 2 rings (SSSR count). The number of aromatic nitrogens is 2. The molecule has 0 aliphatic carbocycles. The standard InChI is InChI=1S/C13H16N4O2/c1-8-6-9(4-5-10(8)18-2)17-12-11(14)13(19-3)16-7-15-12/h4-7H,14H2,1-3H3,(H,15,16,17). The summed E-state index contributed by atoms with van der Waals surface area (Å²) in [4.78, 5) is 8.02. The molecule has 0 saturated heterocycles. The number of nitrogen functional groups attached to an aromatic ring is 1. The monoisotopic (exact) mass is 260 g/mol. The third-order valence-electron chi connectivity index (χ3n) is 2.70. The largest absolute Gasteiger partial charge is 0.496 e. The molecule has 1 heterocycles. The number of aryl methyl sites for hydroxylation is 1. The zero-order valence-corrected chi connectivity index (χ0v) is 11.1. The molecule has 0 unspecified atom stereocenters. The van der Waals surface area contributed by atoms with Crippen LogP contribution in [-0.2, 0) is 0 Å². The van der Waals surface area contributed by atoms with E-state index in [4.69, 9.17) is 15.2 Å². The third kappa shape index (κ3) is 2.67. The predicted octanol–water partition coefficient (Wildman–Crippen LogP) is 2.13. The minimum atomic E-state index is 0.350. The van der Waals surface area contributed by atoms with Crippen molar-refractivity contribution in [2.45, 2.75) is 6.92 Å². The number of nitrogens with zero attached hydrogens (tertiary/aromatic N) is 2. The van der Waals surface area contributed by atoms with Gasteiger partial charge in [0.2, 0.25) is 5.88 Å². The van der Waals surface area contributed by atoms with Crippen LogP contribution in [-0.4, -0.2) is 24.2 Å². The topological polar surface area (TPSA) is 82.3 Å². The van der Waals surface area contributed by atoms with E-state index < -0.39 is 0 Å². The van der Waals surface area contributed by atoms with Gasteiger partial charge in [-0.1, -0.05) is 0 Å². The number of rotatable bonds is 4. The summed E-state index contributed by atoms with van der Waals surface area (Å²) >= 11 is 0. The smallest absolute Gasteiger partial charge is 0.242 e. The van der Waals surface area contributed by atoms with Gasteiger partial charge in [0.25, 0.3) is 0 Å². The van der Waals surface area contributed by atoms with Gasteiger partial charge in [0.15, 0.2) is 5.82 Å². The lowest BCUT2D eigenvalue weighted by molar-refractivity contribution is 0.399. The Hall–Kier alpha value is -2.50. The molecule has 1 aromatic carbocycles. The summed E-state index contributed by atoms with van der Waals surface area (Å²) in [6.45, 7) is 1.97. The van der Waals surface area contributed by atoms with Crippen LogP contribution in [0.25, 0.3) is 0 Å². The van der Waals surface area contributed by atoms with Crippen LogP contribution in [0.4, 0.5) is 17.2 Å². The van der Waals surface area contributed by atoms with Crippen molar-refractivity contribution >= 4 is 17.2 Å². The molecule has 19 heavy (non-hydrogen) atoms. The average Bonchev–Trinajstić information content (AvgIpc) is 2.41. The van der Waals surface area contributed by atoms with E-state index in [9.17, 15) is 0 Å². The molecule has 0 atom stereocenters. The van der Waals surface area contributed by atoms with E-state index >= 15 is 0 Å². The number of anilines is 3. The molecule has 0 radical (unpaired) electrons. The highest BCUT2D eigenvalue weighted by Gasteiger charge is 2.09. The second-order valence-electron chi connectivity index (χ2n) is 3.95. The van der Waals surface area contributed by atoms with Crippen molar-refractivity contribution in [2.75, 3.05) is 25.3 Å². The Morgan fingerprint density at radius 3 is 2.58 bits per heavy atom. The molecule has 0 aliphatic rings. The van der Waals surface area contributed by atoms with Gasteiger partial charge >= 0.3 is 0 Å². The van der Waals surface area contributed by atoms with Crippen LogP contribution in [0.15, 0.2) is 24.5 Å². The lowest BCUT2D eigenvalue weighted by atomic mass is 10.2. The summed E-state index contributed by atoms with van der Waals surface area (Å²) in [6.07, 6.45) is 1.40. The number of ether oxygens (including phenoxy) is 2. The first-order chi connectivity index (χ1) is 9.15. The van der Waals surface area contributed by atoms with Crippen molar-refractivity contribution in [3.8, 4) is 11.6 Å². The van der Waals surface area contributed by atoms with Crippen LogP contribution in [0.5, 0.6) is 11.6 Å². The number of benzene rings is 1. The Kier molecular flexibility index (Phi) is 3.70. The van der Waals surface area contributed by atoms with Gasteiger partial charge < -0.3 is 20.5 Å². The van der Waals surface area contributed by atoms with Gasteiger partial charge in [0, 0.05) is 5.69 Å². The molecule has 0 aliphatic heterocycles. The Bertz CT molecular complexity index is 587. The van der Waals surface area contributed by atoms with Crippen molar-refractivity contribution in [3.63, 3.8) is 0 Å². The molecule has 0 saturated carbocycles. The summed E-state index contributed by atoms with van der Waals surface area (Å²) in [6, 6.07) is 5.72. The fourth-order valence-electron chi connectivity index (χ4n) is 1.73. The average molecular weight is 260 g/mol. The highest BCUT2D eigenvalue weighted by molar-refractivity contribution is 5.72. The second kappa shape index (κ2) is 5.43. The van der Waals surface area contributed by atoms with Crippen LogP contribution in [0.2, 0.25) is 0 Å². The predicted molar refractivity (Wildman–Crippen MR) is 74.0 cm³/mol. The SMILES string of the molecule is COc1ccc(Nc2ncnc(OC)c2N)cc1C. The lowest BCUT2D eigenvalue weighted by Crippen LogP contribution is -2.03. The summed E-state index contributed by atoms with van der Waals surface area (Å²) < 4.78 is 10.3. The summed E-state index contributed by atoms with van der Waals surface area (Å²) in [5.41, 5.74) is 8.16. The first-order valence-electron chi connectivity index (χ1n) is 5.72. The Morgan fingerprint density at radius 2 is 1.95 bits per heavy atom.